The Kier molecular flexibility index (Phi) is 5.87. The number of carbonyl (C=O) groups excluding carboxylic acids is 2. The monoisotopic (exact) mass is 332 g/mol. The van der Waals surface area contributed by atoms with Crippen molar-refractivity contribution in [3.8, 4) is 0 Å². The highest BCUT2D eigenvalue weighted by atomic mass is 35.5. The van der Waals surface area contributed by atoms with E-state index in [9.17, 15) is 9.59 Å². The van der Waals surface area contributed by atoms with Gasteiger partial charge >= 0.3 is 6.09 Å². The Morgan fingerprint density at radius 3 is 2.33 bits per heavy atom. The zero-order chi connectivity index (χ0) is 16.2. The first-order chi connectivity index (χ1) is 9.58. The molecule has 0 heterocycles. The molecule has 0 unspecified atom stereocenters. The van der Waals surface area contributed by atoms with Crippen LogP contribution in [0.2, 0.25) is 10.0 Å². The molecule has 2 amide bonds. The number of hydrogen-bond acceptors (Lipinski definition) is 3. The summed E-state index contributed by atoms with van der Waals surface area (Å²) in [6.07, 6.45) is -0.653. The number of ether oxygens (including phenoxy) is 1. The van der Waals surface area contributed by atoms with Crippen LogP contribution >= 0.6 is 23.2 Å². The largest absolute Gasteiger partial charge is 0.444 e. The first-order valence-corrected chi connectivity index (χ1v) is 7.09. The van der Waals surface area contributed by atoms with Crippen molar-refractivity contribution < 1.29 is 14.3 Å². The average Bonchev–Trinajstić information content (AvgIpc) is 2.31. The normalized spacial score (nSPS) is 12.5. The van der Waals surface area contributed by atoms with Gasteiger partial charge in [0.25, 0.3) is 0 Å². The second-order valence-electron chi connectivity index (χ2n) is 5.49. The third kappa shape index (κ3) is 6.23. The number of rotatable bonds is 3. The summed E-state index contributed by atoms with van der Waals surface area (Å²) in [5.74, 6) is -0.390. The second kappa shape index (κ2) is 7.00. The van der Waals surface area contributed by atoms with Crippen LogP contribution in [0.5, 0.6) is 0 Å². The van der Waals surface area contributed by atoms with Crippen molar-refractivity contribution in [3.05, 3.63) is 28.2 Å². The van der Waals surface area contributed by atoms with Crippen LogP contribution in [0.1, 0.15) is 27.7 Å². The van der Waals surface area contributed by atoms with Gasteiger partial charge in [-0.15, -0.1) is 0 Å². The first-order valence-electron chi connectivity index (χ1n) is 6.34. The minimum absolute atomic E-state index is 0.335. The average molecular weight is 333 g/mol. The summed E-state index contributed by atoms with van der Waals surface area (Å²) in [6.45, 7) is 6.78. The minimum Gasteiger partial charge on any atom is -0.444 e. The van der Waals surface area contributed by atoms with Crippen LogP contribution < -0.4 is 10.6 Å². The Balaban J connectivity index is 2.58. The predicted molar refractivity (Wildman–Crippen MR) is 83.9 cm³/mol. The van der Waals surface area contributed by atoms with Crippen molar-refractivity contribution in [3.63, 3.8) is 0 Å². The number of halogens is 2. The third-order valence-corrected chi connectivity index (χ3v) is 3.05. The topological polar surface area (TPSA) is 67.4 Å². The van der Waals surface area contributed by atoms with Gasteiger partial charge in [-0.05, 0) is 45.9 Å². The first kappa shape index (κ1) is 17.6. The number of hydrogen-bond donors (Lipinski definition) is 2. The Bertz CT molecular complexity index is 542. The van der Waals surface area contributed by atoms with Crippen molar-refractivity contribution in [1.29, 1.82) is 0 Å². The Labute approximate surface area is 133 Å². The molecule has 0 aliphatic heterocycles. The highest BCUT2D eigenvalue weighted by Gasteiger charge is 2.21. The van der Waals surface area contributed by atoms with Gasteiger partial charge < -0.3 is 15.4 Å². The number of amides is 2. The van der Waals surface area contributed by atoms with Crippen LogP contribution in [0.15, 0.2) is 18.2 Å². The van der Waals surface area contributed by atoms with E-state index in [1.807, 2.05) is 0 Å². The van der Waals surface area contributed by atoms with Crippen LogP contribution in [0.25, 0.3) is 0 Å². The van der Waals surface area contributed by atoms with Gasteiger partial charge in [0.05, 0.1) is 10.0 Å². The fourth-order valence-corrected chi connectivity index (χ4v) is 1.67. The highest BCUT2D eigenvalue weighted by Crippen LogP contribution is 2.25. The third-order valence-electron chi connectivity index (χ3n) is 2.31. The van der Waals surface area contributed by atoms with E-state index in [0.29, 0.717) is 15.7 Å². The molecular weight excluding hydrogens is 315 g/mol. The van der Waals surface area contributed by atoms with Gasteiger partial charge in [0.15, 0.2) is 0 Å². The molecule has 2 N–H and O–H groups in total. The molecule has 0 fully saturated rings. The van der Waals surface area contributed by atoms with Gasteiger partial charge in [-0.2, -0.15) is 0 Å². The Morgan fingerprint density at radius 1 is 1.19 bits per heavy atom. The summed E-state index contributed by atoms with van der Waals surface area (Å²) < 4.78 is 5.07. The van der Waals surface area contributed by atoms with Gasteiger partial charge in [0, 0.05) is 5.69 Å². The van der Waals surface area contributed by atoms with E-state index in [1.54, 1.807) is 39.8 Å². The maximum Gasteiger partial charge on any atom is 0.408 e. The van der Waals surface area contributed by atoms with Gasteiger partial charge in [-0.1, -0.05) is 23.2 Å². The molecule has 0 aliphatic rings. The van der Waals surface area contributed by atoms with Crippen molar-refractivity contribution in [1.82, 2.24) is 5.32 Å². The molecule has 5 nitrogen and oxygen atoms in total. The summed E-state index contributed by atoms with van der Waals surface area (Å²) in [4.78, 5) is 23.5. The SMILES string of the molecule is C[C@H](NC(=O)OC(C)(C)C)C(=O)Nc1ccc(Cl)c(Cl)c1. The lowest BCUT2D eigenvalue weighted by atomic mass is 10.2. The van der Waals surface area contributed by atoms with Crippen LogP contribution in [-0.2, 0) is 9.53 Å². The zero-order valence-electron chi connectivity index (χ0n) is 12.3. The van der Waals surface area contributed by atoms with Crippen LogP contribution in [0.4, 0.5) is 10.5 Å². The van der Waals surface area contributed by atoms with Crippen molar-refractivity contribution in [2.45, 2.75) is 39.3 Å². The lowest BCUT2D eigenvalue weighted by molar-refractivity contribution is -0.117. The molecule has 7 heteroatoms. The van der Waals surface area contributed by atoms with E-state index in [4.69, 9.17) is 27.9 Å². The van der Waals surface area contributed by atoms with Crippen LogP contribution in [-0.4, -0.2) is 23.6 Å². The van der Waals surface area contributed by atoms with Crippen molar-refractivity contribution in [2.75, 3.05) is 5.32 Å². The molecule has 0 aliphatic carbocycles. The van der Waals surface area contributed by atoms with Crippen LogP contribution in [0.3, 0.4) is 0 Å². The Hall–Kier alpha value is -1.46. The van der Waals surface area contributed by atoms with E-state index in [0.717, 1.165) is 0 Å². The molecule has 0 spiro atoms. The molecule has 0 aromatic heterocycles. The van der Waals surface area contributed by atoms with Gasteiger partial charge in [-0.3, -0.25) is 4.79 Å². The molecule has 1 aromatic carbocycles. The second-order valence-corrected chi connectivity index (χ2v) is 6.30. The molecule has 1 atom stereocenters. The highest BCUT2D eigenvalue weighted by molar-refractivity contribution is 6.42. The quantitative estimate of drug-likeness (QED) is 0.883. The summed E-state index contributed by atoms with van der Waals surface area (Å²) in [5.41, 5.74) is -0.128. The van der Waals surface area contributed by atoms with Crippen molar-refractivity contribution in [2.24, 2.45) is 0 Å². The molecule has 21 heavy (non-hydrogen) atoms. The molecule has 1 rings (SSSR count). The van der Waals surface area contributed by atoms with Gasteiger partial charge in [-0.25, -0.2) is 4.79 Å². The van der Waals surface area contributed by atoms with Gasteiger partial charge in [0.2, 0.25) is 5.91 Å². The lowest BCUT2D eigenvalue weighted by Crippen LogP contribution is -2.43. The predicted octanol–water partition coefficient (Wildman–Crippen LogP) is 3.85. The number of benzene rings is 1. The fourth-order valence-electron chi connectivity index (χ4n) is 1.37. The molecule has 0 bridgehead atoms. The molecule has 0 saturated carbocycles. The molecular formula is C14H18Cl2N2O3. The van der Waals surface area contributed by atoms with E-state index in [2.05, 4.69) is 10.6 Å². The molecule has 0 radical (unpaired) electrons. The zero-order valence-corrected chi connectivity index (χ0v) is 13.8. The number of alkyl carbamates (subject to hydrolysis) is 1. The lowest BCUT2D eigenvalue weighted by Gasteiger charge is -2.21. The molecule has 0 saturated heterocycles. The maximum absolute atomic E-state index is 12.0. The van der Waals surface area contributed by atoms with E-state index >= 15 is 0 Å². The smallest absolute Gasteiger partial charge is 0.408 e. The fraction of sp³-hybridized carbons (Fsp3) is 0.429. The van der Waals surface area contributed by atoms with E-state index < -0.39 is 17.7 Å². The number of nitrogens with one attached hydrogen (secondary N) is 2. The summed E-state index contributed by atoms with van der Waals surface area (Å²) in [7, 11) is 0. The summed E-state index contributed by atoms with van der Waals surface area (Å²) >= 11 is 11.7. The standard InChI is InChI=1S/C14H18Cl2N2O3/c1-8(17-13(20)21-14(2,3)4)12(19)18-9-5-6-10(15)11(16)7-9/h5-8H,1-4H3,(H,17,20)(H,18,19)/t8-/m0/s1. The number of anilines is 1. The minimum atomic E-state index is -0.755. The Morgan fingerprint density at radius 2 is 1.81 bits per heavy atom. The summed E-state index contributed by atoms with van der Waals surface area (Å²) in [5, 5.41) is 5.81. The van der Waals surface area contributed by atoms with Gasteiger partial charge in [0.1, 0.15) is 11.6 Å². The van der Waals surface area contributed by atoms with E-state index in [-0.39, 0.29) is 5.91 Å². The van der Waals surface area contributed by atoms with E-state index in [1.165, 1.54) is 6.07 Å². The van der Waals surface area contributed by atoms with Crippen molar-refractivity contribution >= 4 is 40.9 Å². The molecule has 1 aromatic rings. The molecule has 116 valence electrons. The number of carbonyl (C=O) groups is 2. The van der Waals surface area contributed by atoms with Crippen LogP contribution in [0, 0.1) is 0 Å². The summed E-state index contributed by atoms with van der Waals surface area (Å²) in [6, 6.07) is 3.97. The maximum atomic E-state index is 12.0.